The van der Waals surface area contributed by atoms with Crippen LogP contribution in [0.1, 0.15) is 26.7 Å². The lowest BCUT2D eigenvalue weighted by Gasteiger charge is -2.30. The highest BCUT2D eigenvalue weighted by atomic mass is 19.4. The van der Waals surface area contributed by atoms with Crippen molar-refractivity contribution in [3.63, 3.8) is 0 Å². The molecule has 1 aliphatic rings. The molecule has 1 saturated carbocycles. The molecule has 0 aromatic rings. The first-order valence-electron chi connectivity index (χ1n) is 4.69. The second-order valence-corrected chi connectivity index (χ2v) is 4.35. The van der Waals surface area contributed by atoms with E-state index in [1.54, 1.807) is 0 Å². The summed E-state index contributed by atoms with van der Waals surface area (Å²) in [5.41, 5.74) is 3.26. The lowest BCUT2D eigenvalue weighted by atomic mass is 9.84. The Morgan fingerprint density at radius 3 is 2.20 bits per heavy atom. The van der Waals surface area contributed by atoms with Crippen molar-refractivity contribution < 1.29 is 22.7 Å². The van der Waals surface area contributed by atoms with Crippen molar-refractivity contribution in [1.82, 2.24) is 0 Å². The summed E-state index contributed by atoms with van der Waals surface area (Å²) in [5, 5.41) is 0. The molecule has 0 unspecified atom stereocenters. The Bertz CT molecular complexity index is 259. The largest absolute Gasteiger partial charge is 0.462 e. The Morgan fingerprint density at radius 2 is 1.87 bits per heavy atom. The minimum Gasteiger partial charge on any atom is -0.462 e. The van der Waals surface area contributed by atoms with Crippen molar-refractivity contribution in [3.05, 3.63) is 0 Å². The molecule has 1 rings (SSSR count). The number of ether oxygens (including phenoxy) is 1. The molecule has 88 valence electrons. The van der Waals surface area contributed by atoms with E-state index in [4.69, 9.17) is 10.5 Å². The molecule has 3 nitrogen and oxygen atoms in total. The summed E-state index contributed by atoms with van der Waals surface area (Å²) < 4.78 is 41.8. The smallest absolute Gasteiger partial charge is 0.404 e. The summed E-state index contributed by atoms with van der Waals surface area (Å²) in [4.78, 5) is 11.4. The molecular weight excluding hydrogens is 211 g/mol. The maximum Gasteiger partial charge on any atom is 0.404 e. The van der Waals surface area contributed by atoms with Gasteiger partial charge in [-0.25, -0.2) is 0 Å². The molecule has 0 saturated heterocycles. The molecule has 0 aromatic carbocycles. The summed E-state index contributed by atoms with van der Waals surface area (Å²) in [6, 6.07) is -2.20. The summed E-state index contributed by atoms with van der Waals surface area (Å²) in [5.74, 6) is -0.880. The van der Waals surface area contributed by atoms with E-state index in [9.17, 15) is 18.0 Å². The lowest BCUT2D eigenvalue weighted by Crippen LogP contribution is -2.53. The monoisotopic (exact) mass is 225 g/mol. The van der Waals surface area contributed by atoms with Crippen LogP contribution in [0.2, 0.25) is 0 Å². The second-order valence-electron chi connectivity index (χ2n) is 4.35. The van der Waals surface area contributed by atoms with Gasteiger partial charge in [-0.15, -0.1) is 0 Å². The number of nitrogens with two attached hydrogens (primary N) is 1. The van der Waals surface area contributed by atoms with Crippen LogP contribution in [0, 0.1) is 5.41 Å². The predicted octanol–water partition coefficient (Wildman–Crippen LogP) is 1.61. The predicted molar refractivity (Wildman–Crippen MR) is 46.9 cm³/mol. The van der Waals surface area contributed by atoms with E-state index in [-0.39, 0.29) is 6.10 Å². The van der Waals surface area contributed by atoms with Gasteiger partial charge >= 0.3 is 12.1 Å². The van der Waals surface area contributed by atoms with Crippen molar-refractivity contribution in [2.75, 3.05) is 0 Å². The average molecular weight is 225 g/mol. The molecule has 0 amide bonds. The summed E-state index contributed by atoms with van der Waals surface area (Å²) >= 11 is 0. The van der Waals surface area contributed by atoms with Crippen LogP contribution in [-0.2, 0) is 9.53 Å². The van der Waals surface area contributed by atoms with Gasteiger partial charge in [0.25, 0.3) is 0 Å². The molecule has 15 heavy (non-hydrogen) atoms. The number of rotatable bonds is 3. The normalized spacial score (nSPS) is 19.9. The van der Waals surface area contributed by atoms with E-state index in [0.29, 0.717) is 0 Å². The molecule has 0 aromatic heterocycles. The van der Waals surface area contributed by atoms with Crippen LogP contribution in [0.3, 0.4) is 0 Å². The van der Waals surface area contributed by atoms with Gasteiger partial charge in [0.05, 0.1) is 5.41 Å². The highest BCUT2D eigenvalue weighted by Crippen LogP contribution is 2.35. The van der Waals surface area contributed by atoms with Crippen LogP contribution in [0.4, 0.5) is 13.2 Å². The highest BCUT2D eigenvalue weighted by molar-refractivity contribution is 5.77. The Balaban J connectivity index is 2.66. The summed E-state index contributed by atoms with van der Waals surface area (Å²) in [6.07, 6.45) is -3.35. The number of carbonyl (C=O) groups excluding carboxylic acids is 1. The first kappa shape index (κ1) is 12.3. The van der Waals surface area contributed by atoms with Gasteiger partial charge in [0.2, 0.25) is 0 Å². The van der Waals surface area contributed by atoms with Gasteiger partial charge in [-0.2, -0.15) is 13.2 Å². The van der Waals surface area contributed by atoms with Crippen molar-refractivity contribution in [2.24, 2.45) is 11.1 Å². The van der Waals surface area contributed by atoms with Crippen molar-refractivity contribution in [2.45, 2.75) is 45.0 Å². The molecule has 1 aliphatic carbocycles. The third-order valence-corrected chi connectivity index (χ3v) is 2.45. The van der Waals surface area contributed by atoms with Crippen LogP contribution in [0.25, 0.3) is 0 Å². The topological polar surface area (TPSA) is 52.3 Å². The van der Waals surface area contributed by atoms with E-state index < -0.39 is 23.6 Å². The maximum atomic E-state index is 12.3. The van der Waals surface area contributed by atoms with E-state index >= 15 is 0 Å². The SMILES string of the molecule is CC(C)(C(=O)OC1CC1)[C@H](N)C(F)(F)F. The molecule has 2 N–H and O–H groups in total. The zero-order valence-corrected chi connectivity index (χ0v) is 8.60. The highest BCUT2D eigenvalue weighted by Gasteiger charge is 2.51. The van der Waals surface area contributed by atoms with Gasteiger partial charge in [0, 0.05) is 0 Å². The molecule has 1 atom stereocenters. The number of esters is 1. The van der Waals surface area contributed by atoms with Crippen molar-refractivity contribution in [1.29, 1.82) is 0 Å². The zero-order valence-electron chi connectivity index (χ0n) is 8.60. The molecular formula is C9H14F3NO2. The van der Waals surface area contributed by atoms with Crippen LogP contribution in [-0.4, -0.2) is 24.3 Å². The molecule has 0 radical (unpaired) electrons. The minimum atomic E-state index is -4.59. The number of halogens is 3. The number of carbonyl (C=O) groups is 1. The lowest BCUT2D eigenvalue weighted by molar-refractivity contribution is -0.189. The van der Waals surface area contributed by atoms with E-state index in [1.165, 1.54) is 0 Å². The maximum absolute atomic E-state index is 12.3. The molecule has 6 heteroatoms. The Kier molecular flexibility index (Phi) is 3.00. The Hall–Kier alpha value is -0.780. The van der Waals surface area contributed by atoms with E-state index in [0.717, 1.165) is 26.7 Å². The number of hydrogen-bond acceptors (Lipinski definition) is 3. The van der Waals surface area contributed by atoms with Crippen LogP contribution < -0.4 is 5.73 Å². The summed E-state index contributed by atoms with van der Waals surface area (Å²) in [7, 11) is 0. The standard InChI is InChI=1S/C9H14F3NO2/c1-8(2,6(13)9(10,11)12)7(14)15-5-3-4-5/h5-6H,3-4,13H2,1-2H3/t6-/m0/s1. The van der Waals surface area contributed by atoms with Gasteiger partial charge in [0.15, 0.2) is 0 Å². The fraction of sp³-hybridized carbons (Fsp3) is 0.889. The van der Waals surface area contributed by atoms with E-state index in [2.05, 4.69) is 0 Å². The van der Waals surface area contributed by atoms with Gasteiger partial charge in [-0.3, -0.25) is 4.79 Å². The van der Waals surface area contributed by atoms with Crippen molar-refractivity contribution in [3.8, 4) is 0 Å². The third-order valence-electron chi connectivity index (χ3n) is 2.45. The molecule has 0 bridgehead atoms. The van der Waals surface area contributed by atoms with Crippen LogP contribution >= 0.6 is 0 Å². The molecule has 1 fully saturated rings. The Morgan fingerprint density at radius 1 is 1.40 bits per heavy atom. The second kappa shape index (κ2) is 3.66. The van der Waals surface area contributed by atoms with Gasteiger partial charge in [0.1, 0.15) is 12.1 Å². The first-order valence-corrected chi connectivity index (χ1v) is 4.69. The van der Waals surface area contributed by atoms with Crippen molar-refractivity contribution >= 4 is 5.97 Å². The molecule has 0 spiro atoms. The average Bonchev–Trinajstić information content (AvgIpc) is 2.85. The van der Waals surface area contributed by atoms with E-state index in [1.807, 2.05) is 0 Å². The summed E-state index contributed by atoms with van der Waals surface area (Å²) in [6.45, 7) is 2.30. The third kappa shape index (κ3) is 2.84. The molecule has 0 aliphatic heterocycles. The number of hydrogen-bond donors (Lipinski definition) is 1. The van der Waals surface area contributed by atoms with Crippen LogP contribution in [0.5, 0.6) is 0 Å². The zero-order chi connectivity index (χ0) is 11.9. The van der Waals surface area contributed by atoms with Gasteiger partial charge < -0.3 is 10.5 Å². The van der Waals surface area contributed by atoms with Crippen LogP contribution in [0.15, 0.2) is 0 Å². The first-order chi connectivity index (χ1) is 6.65. The minimum absolute atomic E-state index is 0.211. The fourth-order valence-electron chi connectivity index (χ4n) is 1.03. The molecule has 0 heterocycles. The fourth-order valence-corrected chi connectivity index (χ4v) is 1.03. The Labute approximate surface area is 85.8 Å². The van der Waals surface area contributed by atoms with Gasteiger partial charge in [-0.1, -0.05) is 0 Å². The van der Waals surface area contributed by atoms with Gasteiger partial charge in [-0.05, 0) is 26.7 Å². The quantitative estimate of drug-likeness (QED) is 0.742. The number of alkyl halides is 3.